The largest absolute Gasteiger partial charge is 0.754 e. The molecule has 0 bridgehead atoms. The first-order valence-corrected chi connectivity index (χ1v) is 6.47. The van der Waals surface area contributed by atoms with Crippen LogP contribution in [0.3, 0.4) is 0 Å². The first-order chi connectivity index (χ1) is 9.50. The van der Waals surface area contributed by atoms with Gasteiger partial charge in [0, 0.05) is 5.69 Å². The number of carboxylic acids is 1. The maximum absolute atomic E-state index is 12.4. The molecule has 0 spiro atoms. The smallest absolute Gasteiger partial charge is 0.307 e. The molecule has 0 radical (unpaired) electrons. The monoisotopic (exact) mass is 310 g/mol. The summed E-state index contributed by atoms with van der Waals surface area (Å²) in [6.45, 7) is 0. The number of anilines is 2. The van der Waals surface area contributed by atoms with E-state index >= 15 is 0 Å². The van der Waals surface area contributed by atoms with Crippen LogP contribution >= 0.6 is 23.2 Å². The normalized spacial score (nSPS) is 10.3. The molecule has 1 N–H and O–H groups in total. The Bertz CT molecular complexity index is 626. The molecule has 0 aromatic heterocycles. The zero-order chi connectivity index (χ0) is 14.7. The van der Waals surface area contributed by atoms with Crippen LogP contribution in [0.2, 0.25) is 10.0 Å². The van der Waals surface area contributed by atoms with E-state index in [1.54, 1.807) is 36.4 Å². The van der Waals surface area contributed by atoms with Gasteiger partial charge in [0.05, 0.1) is 22.2 Å². The fourth-order valence-corrected chi connectivity index (χ4v) is 2.38. The van der Waals surface area contributed by atoms with Crippen molar-refractivity contribution < 1.29 is 9.90 Å². The van der Waals surface area contributed by atoms with Crippen molar-refractivity contribution in [2.24, 2.45) is 0 Å². The van der Waals surface area contributed by atoms with Crippen LogP contribution in [-0.2, 0) is 11.2 Å². The molecule has 104 valence electrons. The summed E-state index contributed by atoms with van der Waals surface area (Å²) >= 11 is 12.0. The van der Waals surface area contributed by atoms with Crippen LogP contribution in [0.1, 0.15) is 5.56 Å². The Balaban J connectivity index is 2.48. The van der Waals surface area contributed by atoms with Crippen LogP contribution in [0.25, 0.3) is 0 Å². The van der Waals surface area contributed by atoms with Gasteiger partial charge >= 0.3 is 5.97 Å². The van der Waals surface area contributed by atoms with Crippen LogP contribution in [0.15, 0.2) is 42.5 Å². The van der Waals surface area contributed by atoms with Crippen LogP contribution in [0.5, 0.6) is 0 Å². The van der Waals surface area contributed by atoms with Gasteiger partial charge in [0.25, 0.3) is 0 Å². The second-order valence-electron chi connectivity index (χ2n) is 4.06. The molecule has 0 aliphatic carbocycles. The number of nitrogens with zero attached hydrogens (tertiary/aromatic N) is 1. The Kier molecular flexibility index (Phi) is 4.49. The number of hydrogen-bond acceptors (Lipinski definition) is 3. The van der Waals surface area contributed by atoms with Crippen LogP contribution in [-0.4, -0.2) is 11.1 Å². The molecule has 0 heterocycles. The van der Waals surface area contributed by atoms with Crippen molar-refractivity contribution in [3.05, 3.63) is 63.3 Å². The lowest BCUT2D eigenvalue weighted by Crippen LogP contribution is -2.12. The van der Waals surface area contributed by atoms with E-state index in [1.165, 1.54) is 6.07 Å². The van der Waals surface area contributed by atoms with Crippen molar-refractivity contribution in [3.63, 3.8) is 0 Å². The molecule has 2 rings (SSSR count). The third kappa shape index (κ3) is 3.04. The average Bonchev–Trinajstić information content (AvgIpc) is 2.38. The molecule has 2 aromatic carbocycles. The summed E-state index contributed by atoms with van der Waals surface area (Å²) in [4.78, 5) is 10.8. The van der Waals surface area contributed by atoms with Crippen molar-refractivity contribution in [2.45, 2.75) is 6.42 Å². The molecular weight excluding hydrogens is 301 g/mol. The lowest BCUT2D eigenvalue weighted by atomic mass is 10.1. The second kappa shape index (κ2) is 6.13. The third-order valence-electron chi connectivity index (χ3n) is 2.69. The predicted octanol–water partition coefficient (Wildman–Crippen LogP) is 4.26. The van der Waals surface area contributed by atoms with Crippen LogP contribution in [0, 0.1) is 5.21 Å². The molecule has 4 nitrogen and oxygen atoms in total. The fourth-order valence-electron chi connectivity index (χ4n) is 1.82. The SMILES string of the molecule is O=C(O)Cc1ccccc1N([O-])c1c(Cl)cccc1Cl. The minimum atomic E-state index is -1.02. The Hall–Kier alpha value is -1.75. The van der Waals surface area contributed by atoms with Crippen molar-refractivity contribution in [2.75, 3.05) is 5.06 Å². The highest BCUT2D eigenvalue weighted by Crippen LogP contribution is 2.38. The maximum atomic E-state index is 12.4. The first-order valence-electron chi connectivity index (χ1n) is 5.71. The highest BCUT2D eigenvalue weighted by atomic mass is 35.5. The molecule has 0 aliphatic heterocycles. The van der Waals surface area contributed by atoms with Gasteiger partial charge in [0.2, 0.25) is 0 Å². The Morgan fingerprint density at radius 2 is 1.70 bits per heavy atom. The molecule has 0 amide bonds. The fraction of sp³-hybridized carbons (Fsp3) is 0.0714. The lowest BCUT2D eigenvalue weighted by molar-refractivity contribution is -0.136. The number of halogens is 2. The summed E-state index contributed by atoms with van der Waals surface area (Å²) in [5.41, 5.74) is 0.713. The van der Waals surface area contributed by atoms with Crippen molar-refractivity contribution in [1.29, 1.82) is 0 Å². The minimum absolute atomic E-state index is 0.105. The third-order valence-corrected chi connectivity index (χ3v) is 3.30. The number of para-hydroxylation sites is 2. The highest BCUT2D eigenvalue weighted by molar-refractivity contribution is 6.39. The summed E-state index contributed by atoms with van der Waals surface area (Å²) in [6.07, 6.45) is -0.253. The summed E-state index contributed by atoms with van der Waals surface area (Å²) in [5, 5.41) is 22.3. The quantitative estimate of drug-likeness (QED) is 0.857. The summed E-state index contributed by atoms with van der Waals surface area (Å²) < 4.78 is 0. The van der Waals surface area contributed by atoms with Gasteiger partial charge in [-0.05, 0) is 23.8 Å². The topological polar surface area (TPSA) is 63.6 Å². The number of carboxylic acid groups (broad SMARTS) is 1. The molecular formula is C14H10Cl2NO3-. The Morgan fingerprint density at radius 1 is 1.10 bits per heavy atom. The van der Waals surface area contributed by atoms with Gasteiger partial charge < -0.3 is 15.4 Å². The van der Waals surface area contributed by atoms with Crippen molar-refractivity contribution >= 4 is 40.5 Å². The lowest BCUT2D eigenvalue weighted by Gasteiger charge is -2.34. The van der Waals surface area contributed by atoms with E-state index in [-0.39, 0.29) is 27.8 Å². The Morgan fingerprint density at radius 3 is 2.30 bits per heavy atom. The zero-order valence-corrected chi connectivity index (χ0v) is 11.7. The molecule has 0 saturated carbocycles. The predicted molar refractivity (Wildman–Crippen MR) is 79.7 cm³/mol. The van der Waals surface area contributed by atoms with E-state index in [4.69, 9.17) is 28.3 Å². The molecule has 0 saturated heterocycles. The molecule has 2 aromatic rings. The van der Waals surface area contributed by atoms with E-state index in [0.717, 1.165) is 0 Å². The Labute approximate surface area is 125 Å². The summed E-state index contributed by atoms with van der Waals surface area (Å²) in [7, 11) is 0. The van der Waals surface area contributed by atoms with Gasteiger partial charge in [-0.3, -0.25) is 4.79 Å². The first kappa shape index (κ1) is 14.7. The molecule has 0 unspecified atom stereocenters. The highest BCUT2D eigenvalue weighted by Gasteiger charge is 2.13. The molecule has 6 heteroatoms. The number of aliphatic carboxylic acids is 1. The number of rotatable bonds is 4. The van der Waals surface area contributed by atoms with Crippen molar-refractivity contribution in [3.8, 4) is 0 Å². The molecule has 0 atom stereocenters. The minimum Gasteiger partial charge on any atom is -0.754 e. The van der Waals surface area contributed by atoms with E-state index in [0.29, 0.717) is 10.6 Å². The number of hydrogen-bond donors (Lipinski definition) is 1. The summed E-state index contributed by atoms with van der Waals surface area (Å²) in [6, 6.07) is 11.2. The second-order valence-corrected chi connectivity index (χ2v) is 4.88. The van der Waals surface area contributed by atoms with Crippen molar-refractivity contribution in [1.82, 2.24) is 0 Å². The van der Waals surface area contributed by atoms with Crippen LogP contribution < -0.4 is 5.06 Å². The van der Waals surface area contributed by atoms with Gasteiger partial charge in [-0.1, -0.05) is 47.5 Å². The van der Waals surface area contributed by atoms with Gasteiger partial charge in [-0.2, -0.15) is 0 Å². The number of carbonyl (C=O) groups is 1. The molecule has 0 aliphatic rings. The van der Waals surface area contributed by atoms with E-state index < -0.39 is 5.97 Å². The van der Waals surface area contributed by atoms with Gasteiger partial charge in [-0.25, -0.2) is 0 Å². The maximum Gasteiger partial charge on any atom is 0.307 e. The molecule has 0 fully saturated rings. The standard InChI is InChI=1S/C14H10Cl2NO3/c15-10-5-3-6-11(16)14(10)17(20)12-7-2-1-4-9(12)8-13(18)19/h1-7H,8H2,(H,18,19)/q-1. The average molecular weight is 311 g/mol. The van der Waals surface area contributed by atoms with Gasteiger partial charge in [0.15, 0.2) is 0 Å². The van der Waals surface area contributed by atoms with Gasteiger partial charge in [0.1, 0.15) is 0 Å². The molecule has 20 heavy (non-hydrogen) atoms. The summed E-state index contributed by atoms with van der Waals surface area (Å²) in [5.74, 6) is -1.02. The van der Waals surface area contributed by atoms with E-state index in [9.17, 15) is 10.0 Å². The van der Waals surface area contributed by atoms with Gasteiger partial charge in [-0.15, -0.1) is 0 Å². The number of benzene rings is 2. The van der Waals surface area contributed by atoms with E-state index in [2.05, 4.69) is 0 Å². The van der Waals surface area contributed by atoms with Crippen LogP contribution in [0.4, 0.5) is 11.4 Å². The van der Waals surface area contributed by atoms with E-state index in [1.807, 2.05) is 0 Å². The zero-order valence-electron chi connectivity index (χ0n) is 10.2.